The lowest BCUT2D eigenvalue weighted by molar-refractivity contribution is -0.234. The van der Waals surface area contributed by atoms with E-state index in [1.807, 2.05) is 19.9 Å². The molecule has 2 saturated heterocycles. The molecule has 2 aliphatic carbocycles. The fraction of sp³-hybridized carbons (Fsp3) is 0.632. The van der Waals surface area contributed by atoms with Gasteiger partial charge in [0.25, 0.3) is 11.6 Å². The van der Waals surface area contributed by atoms with Gasteiger partial charge < -0.3 is 77.8 Å². The first-order chi connectivity index (χ1) is 37.3. The van der Waals surface area contributed by atoms with Crippen LogP contribution in [0.15, 0.2) is 47.9 Å². The van der Waals surface area contributed by atoms with Gasteiger partial charge in [0.05, 0.1) is 75.7 Å². The van der Waals surface area contributed by atoms with Crippen molar-refractivity contribution in [1.82, 2.24) is 9.80 Å². The Kier molecular flexibility index (Phi) is 14.3. The van der Waals surface area contributed by atoms with E-state index in [-0.39, 0.29) is 95.0 Å². The molecule has 6 heterocycles. The molecule has 0 bridgehead atoms. The molecule has 2 spiro atoms. The monoisotopic (exact) mass is 1100 g/mol. The molecule has 0 radical (unpaired) electrons. The third-order valence-electron chi connectivity index (χ3n) is 17.8. The molecule has 2 aromatic rings. The number of methoxy groups -OCH3 is 4. The third kappa shape index (κ3) is 9.23. The zero-order chi connectivity index (χ0) is 56.8. The number of carbonyl (C=O) groups is 5. The summed E-state index contributed by atoms with van der Waals surface area (Å²) in [7, 11) is 4.85. The molecule has 0 aromatic heterocycles. The van der Waals surface area contributed by atoms with E-state index in [1.165, 1.54) is 14.2 Å². The van der Waals surface area contributed by atoms with Crippen LogP contribution in [-0.4, -0.2) is 166 Å². The zero-order valence-electron chi connectivity index (χ0n) is 45.9. The molecule has 79 heavy (non-hydrogen) atoms. The Morgan fingerprint density at radius 1 is 0.696 bits per heavy atom. The van der Waals surface area contributed by atoms with Crippen molar-refractivity contribution >= 4 is 29.8 Å². The maximum absolute atomic E-state index is 15.9. The predicted octanol–water partition coefficient (Wildman–Crippen LogP) is 3.43. The number of carbonyl (C=O) groups excluding carboxylic acids is 5. The minimum absolute atomic E-state index is 0.00652. The summed E-state index contributed by atoms with van der Waals surface area (Å²) in [6, 6.07) is 6.41. The minimum atomic E-state index is -2.70. The predicted molar refractivity (Wildman–Crippen MR) is 273 cm³/mol. The number of nitrogens with zero attached hydrogens (tertiary/aromatic N) is 2. The second kappa shape index (κ2) is 20.1. The Morgan fingerprint density at radius 3 is 1.67 bits per heavy atom. The second-order valence-electron chi connectivity index (χ2n) is 23.5. The van der Waals surface area contributed by atoms with Gasteiger partial charge in [-0.05, 0) is 143 Å². The summed E-state index contributed by atoms with van der Waals surface area (Å²) in [6.07, 6.45) is 2.94. The molecule has 22 heteroatoms. The van der Waals surface area contributed by atoms with Crippen molar-refractivity contribution < 1.29 is 96.9 Å². The summed E-state index contributed by atoms with van der Waals surface area (Å²) < 4.78 is 57.5. The van der Waals surface area contributed by atoms with Crippen LogP contribution in [0.3, 0.4) is 0 Å². The summed E-state index contributed by atoms with van der Waals surface area (Å²) in [6.45, 7) is 7.19. The molecule has 8 aliphatic rings. The van der Waals surface area contributed by atoms with E-state index in [2.05, 4.69) is 4.90 Å². The molecule has 2 fully saturated rings. The molecule has 430 valence electrons. The number of benzene rings is 2. The Morgan fingerprint density at radius 2 is 1.18 bits per heavy atom. The van der Waals surface area contributed by atoms with E-state index >= 15 is 4.79 Å². The number of rotatable bonds is 18. The smallest absolute Gasteiger partial charge is 0.341 e. The Hall–Kier alpha value is -6.17. The number of esters is 4. The average molecular weight is 1110 g/mol. The van der Waals surface area contributed by atoms with Crippen molar-refractivity contribution in [2.45, 2.75) is 162 Å². The highest BCUT2D eigenvalue weighted by Crippen LogP contribution is 2.65. The Labute approximate surface area is 457 Å². The van der Waals surface area contributed by atoms with E-state index in [0.29, 0.717) is 64.5 Å². The highest BCUT2D eigenvalue weighted by molar-refractivity contribution is 5.88. The maximum atomic E-state index is 15.9. The van der Waals surface area contributed by atoms with E-state index < -0.39 is 100.0 Å². The van der Waals surface area contributed by atoms with E-state index in [1.54, 1.807) is 49.1 Å². The molecule has 5 N–H and O–H groups in total. The summed E-state index contributed by atoms with van der Waals surface area (Å²) in [5.74, 6) is -12.3. The van der Waals surface area contributed by atoms with Gasteiger partial charge in [-0.1, -0.05) is 13.8 Å². The first kappa shape index (κ1) is 56.1. The summed E-state index contributed by atoms with van der Waals surface area (Å²) in [5.41, 5.74) is -6.56. The van der Waals surface area contributed by atoms with Crippen molar-refractivity contribution in [2.24, 2.45) is 11.8 Å². The summed E-state index contributed by atoms with van der Waals surface area (Å²) in [4.78, 5) is 74.8. The molecule has 10 rings (SSSR count). The average Bonchev–Trinajstić information content (AvgIpc) is 2.94. The third-order valence-corrected chi connectivity index (χ3v) is 17.8. The summed E-state index contributed by atoms with van der Waals surface area (Å²) >= 11 is 0. The van der Waals surface area contributed by atoms with Crippen LogP contribution in [-0.2, 0) is 65.2 Å². The summed E-state index contributed by atoms with van der Waals surface area (Å²) in [5, 5.41) is 61.5. The molecule has 2 unspecified atom stereocenters. The maximum Gasteiger partial charge on any atom is 0.341 e. The van der Waals surface area contributed by atoms with Crippen LogP contribution in [0.25, 0.3) is 0 Å². The fourth-order valence-electron chi connectivity index (χ4n) is 14.0. The van der Waals surface area contributed by atoms with Gasteiger partial charge in [0.2, 0.25) is 19.5 Å². The van der Waals surface area contributed by atoms with Gasteiger partial charge in [-0.2, -0.15) is 0 Å². The van der Waals surface area contributed by atoms with Crippen LogP contribution in [0.1, 0.15) is 126 Å². The molecule has 0 saturated carbocycles. The Bertz CT molecular complexity index is 2880. The number of amides is 1. The lowest BCUT2D eigenvalue weighted by atomic mass is 9.74. The molecular weight excluding hydrogens is 1030 g/mol. The van der Waals surface area contributed by atoms with Gasteiger partial charge in [0.1, 0.15) is 0 Å². The Balaban J connectivity index is 1.06. The van der Waals surface area contributed by atoms with Crippen LogP contribution >= 0.6 is 0 Å². The quantitative estimate of drug-likeness (QED) is 0.0812. The van der Waals surface area contributed by atoms with Gasteiger partial charge in [-0.15, -0.1) is 0 Å². The first-order valence-electron chi connectivity index (χ1n) is 27.0. The molecular formula is C57H72N2O20. The van der Waals surface area contributed by atoms with Crippen molar-refractivity contribution in [1.29, 1.82) is 0 Å². The van der Waals surface area contributed by atoms with E-state index in [4.69, 9.17) is 47.4 Å². The minimum Gasteiger partial charge on any atom is -0.494 e. The topological polar surface area (TPSA) is 285 Å². The van der Waals surface area contributed by atoms with Crippen molar-refractivity contribution in [3.05, 3.63) is 70.2 Å². The van der Waals surface area contributed by atoms with Crippen LogP contribution in [0.4, 0.5) is 0 Å². The highest BCUT2D eigenvalue weighted by Gasteiger charge is 2.73. The first-order valence-corrected chi connectivity index (χ1v) is 27.0. The van der Waals surface area contributed by atoms with Gasteiger partial charge in [-0.3, -0.25) is 19.3 Å². The largest absolute Gasteiger partial charge is 0.494 e. The lowest BCUT2D eigenvalue weighted by Crippen LogP contribution is -2.57. The van der Waals surface area contributed by atoms with Gasteiger partial charge in [0, 0.05) is 19.1 Å². The van der Waals surface area contributed by atoms with Crippen LogP contribution in [0.2, 0.25) is 0 Å². The normalized spacial score (nSPS) is 30.5. The number of hydrogen-bond acceptors (Lipinski definition) is 21. The SMILES string of the molecule is COC(=O)C[C@](O)(CCC(C)C)C(=O)O[C@@]1(O)C(OC)=C[C@]23CC(C4CC[C@]56C=C(OC)[C@](O)(OC(=O)[C@@](O)(CCCC(C)(C)O)CC(=O)OC)[C@H]5c5cc7c(cc5CCN46)OCO7)C(=O)N2CCc2cc4c(cc2[C@H]13)OCO4. The second-order valence-corrected chi connectivity index (χ2v) is 23.5. The number of ether oxygens (including phenoxy) is 10. The van der Waals surface area contributed by atoms with Crippen molar-refractivity contribution in [2.75, 3.05) is 55.1 Å². The van der Waals surface area contributed by atoms with Crippen LogP contribution in [0.5, 0.6) is 23.0 Å². The number of fused-ring (bicyclic) bond motifs is 6. The molecule has 1 amide bonds. The lowest BCUT2D eigenvalue weighted by Gasteiger charge is -2.44. The zero-order valence-corrected chi connectivity index (χ0v) is 45.9. The standard InChI is InChI=1S/C57H72N2O20/c1-31(2)10-17-55(67,28-45(61)73-8)50(64)79-57(69)43(71-6)26-53-24-36(48(62)59(53)19-13-33-21-39-41(77-30-75-39)23-35(33)47(53)57)37-11-16-52-25-42(70-5)56(68,78-49(63)54(66,27-44(60)72-7)15-9-14-51(3,4)65)46(52)34-22-40-38(74-29-76-40)20-32(34)12-18-58(37)52/h20-23,25-26,31,36-37,46-47,65-69H,9-19,24,27-30H2,1-8H3/t36?,37?,46-,47-,52-,53-,54+,55+,56-,57-/m0/s1. The van der Waals surface area contributed by atoms with E-state index in [0.717, 1.165) is 14.2 Å². The van der Waals surface area contributed by atoms with Gasteiger partial charge in [-0.25, -0.2) is 9.59 Å². The van der Waals surface area contributed by atoms with Crippen molar-refractivity contribution in [3.63, 3.8) is 0 Å². The van der Waals surface area contributed by atoms with Gasteiger partial charge >= 0.3 is 23.9 Å². The van der Waals surface area contributed by atoms with Crippen LogP contribution < -0.4 is 18.9 Å². The fourth-order valence-corrected chi connectivity index (χ4v) is 14.0. The van der Waals surface area contributed by atoms with Crippen molar-refractivity contribution in [3.8, 4) is 23.0 Å². The molecule has 10 atom stereocenters. The van der Waals surface area contributed by atoms with Gasteiger partial charge in [0.15, 0.2) is 45.7 Å². The number of aliphatic hydroxyl groups is 5. The van der Waals surface area contributed by atoms with E-state index in [9.17, 15) is 44.7 Å². The highest BCUT2D eigenvalue weighted by atomic mass is 16.7. The number of hydrogen-bond donors (Lipinski definition) is 5. The molecule has 6 aliphatic heterocycles. The molecule has 22 nitrogen and oxygen atoms in total. The van der Waals surface area contributed by atoms with Crippen LogP contribution in [0, 0.1) is 11.8 Å². The molecule has 2 aromatic carbocycles.